The normalized spacial score (nSPS) is 29.4. The van der Waals surface area contributed by atoms with Crippen molar-refractivity contribution in [2.24, 2.45) is 17.8 Å². The van der Waals surface area contributed by atoms with Gasteiger partial charge in [0.15, 0.2) is 0 Å². The van der Waals surface area contributed by atoms with Crippen LogP contribution in [0.5, 0.6) is 0 Å². The Kier molecular flexibility index (Phi) is 5.18. The Morgan fingerprint density at radius 2 is 2.11 bits per heavy atom. The minimum atomic E-state index is -0.188. The van der Waals surface area contributed by atoms with E-state index >= 15 is 0 Å². The van der Waals surface area contributed by atoms with Crippen molar-refractivity contribution in [2.75, 3.05) is 0 Å². The number of allylic oxidation sites excluding steroid dienone is 2. The molecule has 4 atom stereocenters. The van der Waals surface area contributed by atoms with Crippen molar-refractivity contribution in [3.63, 3.8) is 0 Å². The molecule has 0 aliphatic heterocycles. The van der Waals surface area contributed by atoms with Crippen molar-refractivity contribution >= 4 is 5.97 Å². The van der Waals surface area contributed by atoms with E-state index in [-0.39, 0.29) is 12.1 Å². The number of hydrogen-bond acceptors (Lipinski definition) is 2. The molecule has 0 aromatic carbocycles. The van der Waals surface area contributed by atoms with Gasteiger partial charge >= 0.3 is 5.97 Å². The van der Waals surface area contributed by atoms with Crippen molar-refractivity contribution < 1.29 is 9.53 Å². The molecule has 0 amide bonds. The van der Waals surface area contributed by atoms with Crippen LogP contribution in [-0.4, -0.2) is 12.1 Å². The van der Waals surface area contributed by atoms with E-state index in [1.54, 1.807) is 0 Å². The van der Waals surface area contributed by atoms with E-state index in [0.29, 0.717) is 17.8 Å². The molecular weight excluding hydrogens is 224 g/mol. The van der Waals surface area contributed by atoms with Crippen molar-refractivity contribution in [1.82, 2.24) is 0 Å². The lowest BCUT2D eigenvalue weighted by atomic mass is 9.71. The number of rotatable bonds is 4. The van der Waals surface area contributed by atoms with E-state index in [0.717, 1.165) is 18.4 Å². The zero-order chi connectivity index (χ0) is 13.9. The highest BCUT2D eigenvalue weighted by Crippen LogP contribution is 2.38. The van der Waals surface area contributed by atoms with Gasteiger partial charge < -0.3 is 4.74 Å². The molecule has 0 fully saturated rings. The fourth-order valence-electron chi connectivity index (χ4n) is 3.31. The number of carbonyl (C=O) groups is 1. The monoisotopic (exact) mass is 250 g/mol. The SMILES string of the molecule is C=C(C)CC(OC(C)=O)C1C(C)C=C(C)CC1C. The van der Waals surface area contributed by atoms with Crippen molar-refractivity contribution in [2.45, 2.75) is 53.6 Å². The van der Waals surface area contributed by atoms with Crippen LogP contribution in [0, 0.1) is 17.8 Å². The second-order valence-electron chi connectivity index (χ2n) is 5.94. The third kappa shape index (κ3) is 4.01. The van der Waals surface area contributed by atoms with Gasteiger partial charge in [-0.15, -0.1) is 6.58 Å². The van der Waals surface area contributed by atoms with Crippen LogP contribution in [-0.2, 0) is 9.53 Å². The molecule has 0 heterocycles. The summed E-state index contributed by atoms with van der Waals surface area (Å²) >= 11 is 0. The van der Waals surface area contributed by atoms with Crippen molar-refractivity contribution in [3.8, 4) is 0 Å². The largest absolute Gasteiger partial charge is 0.462 e. The van der Waals surface area contributed by atoms with Crippen LogP contribution in [0.25, 0.3) is 0 Å². The number of carbonyl (C=O) groups excluding carboxylic acids is 1. The summed E-state index contributed by atoms with van der Waals surface area (Å²) in [5.74, 6) is 1.22. The summed E-state index contributed by atoms with van der Waals surface area (Å²) in [6.45, 7) is 14.1. The molecule has 0 radical (unpaired) electrons. The molecule has 0 saturated heterocycles. The Morgan fingerprint density at radius 1 is 1.50 bits per heavy atom. The van der Waals surface area contributed by atoms with Crippen LogP contribution in [0.2, 0.25) is 0 Å². The van der Waals surface area contributed by atoms with Gasteiger partial charge in [-0.1, -0.05) is 31.1 Å². The van der Waals surface area contributed by atoms with Gasteiger partial charge in [-0.3, -0.25) is 4.79 Å². The summed E-state index contributed by atoms with van der Waals surface area (Å²) in [6.07, 6.45) is 4.16. The highest BCUT2D eigenvalue weighted by atomic mass is 16.5. The van der Waals surface area contributed by atoms with E-state index < -0.39 is 0 Å². The number of ether oxygens (including phenoxy) is 1. The van der Waals surface area contributed by atoms with Gasteiger partial charge in [0, 0.05) is 19.3 Å². The molecule has 1 aliphatic rings. The summed E-state index contributed by atoms with van der Waals surface area (Å²) in [5.41, 5.74) is 2.52. The third-order valence-electron chi connectivity index (χ3n) is 3.75. The summed E-state index contributed by atoms with van der Waals surface area (Å²) in [5, 5.41) is 0. The smallest absolute Gasteiger partial charge is 0.302 e. The molecule has 102 valence electrons. The van der Waals surface area contributed by atoms with Crippen molar-refractivity contribution in [3.05, 3.63) is 23.8 Å². The first-order valence-electron chi connectivity index (χ1n) is 6.80. The van der Waals surface area contributed by atoms with E-state index in [1.165, 1.54) is 12.5 Å². The molecule has 0 aromatic heterocycles. The van der Waals surface area contributed by atoms with Gasteiger partial charge in [-0.05, 0) is 32.1 Å². The van der Waals surface area contributed by atoms with Gasteiger partial charge in [-0.25, -0.2) is 0 Å². The second-order valence-corrected chi connectivity index (χ2v) is 5.94. The first kappa shape index (κ1) is 15.0. The highest BCUT2D eigenvalue weighted by Gasteiger charge is 2.35. The number of hydrogen-bond donors (Lipinski definition) is 0. The van der Waals surface area contributed by atoms with E-state index in [1.807, 2.05) is 6.92 Å². The molecule has 2 nitrogen and oxygen atoms in total. The average Bonchev–Trinajstić information content (AvgIpc) is 2.12. The topological polar surface area (TPSA) is 26.3 Å². The van der Waals surface area contributed by atoms with Gasteiger partial charge in [0.2, 0.25) is 0 Å². The zero-order valence-electron chi connectivity index (χ0n) is 12.3. The minimum Gasteiger partial charge on any atom is -0.462 e. The first-order chi connectivity index (χ1) is 8.31. The molecule has 0 spiro atoms. The van der Waals surface area contributed by atoms with Crippen LogP contribution in [0.15, 0.2) is 23.8 Å². The summed E-state index contributed by atoms with van der Waals surface area (Å²) < 4.78 is 5.55. The second kappa shape index (κ2) is 6.21. The number of esters is 1. The van der Waals surface area contributed by atoms with E-state index in [4.69, 9.17) is 4.74 Å². The lowest BCUT2D eigenvalue weighted by Crippen LogP contribution is -2.37. The quantitative estimate of drug-likeness (QED) is 0.554. The lowest BCUT2D eigenvalue weighted by Gasteiger charge is -2.38. The Bertz CT molecular complexity index is 338. The molecule has 0 bridgehead atoms. The van der Waals surface area contributed by atoms with Crippen LogP contribution >= 0.6 is 0 Å². The predicted molar refractivity (Wildman–Crippen MR) is 75.2 cm³/mol. The molecule has 4 unspecified atom stereocenters. The molecule has 18 heavy (non-hydrogen) atoms. The molecule has 0 N–H and O–H groups in total. The molecule has 1 rings (SSSR count). The fourth-order valence-corrected chi connectivity index (χ4v) is 3.31. The van der Waals surface area contributed by atoms with E-state index in [9.17, 15) is 4.79 Å². The lowest BCUT2D eigenvalue weighted by molar-refractivity contribution is -0.151. The summed E-state index contributed by atoms with van der Waals surface area (Å²) in [6, 6.07) is 0. The molecule has 0 aromatic rings. The predicted octanol–water partition coefficient (Wildman–Crippen LogP) is 4.12. The molecule has 1 aliphatic carbocycles. The van der Waals surface area contributed by atoms with E-state index in [2.05, 4.69) is 33.4 Å². The fraction of sp³-hybridized carbons (Fsp3) is 0.688. The van der Waals surface area contributed by atoms with Gasteiger partial charge in [-0.2, -0.15) is 0 Å². The van der Waals surface area contributed by atoms with Crippen LogP contribution in [0.3, 0.4) is 0 Å². The Labute approximate surface area is 111 Å². The maximum absolute atomic E-state index is 11.3. The minimum absolute atomic E-state index is 0.0330. The highest BCUT2D eigenvalue weighted by molar-refractivity contribution is 5.66. The maximum Gasteiger partial charge on any atom is 0.302 e. The van der Waals surface area contributed by atoms with Crippen LogP contribution in [0.1, 0.15) is 47.5 Å². The maximum atomic E-state index is 11.3. The summed E-state index contributed by atoms with van der Waals surface area (Å²) in [7, 11) is 0. The Balaban J connectivity index is 2.89. The molecular formula is C16H26O2. The third-order valence-corrected chi connectivity index (χ3v) is 3.75. The Hall–Kier alpha value is -1.05. The van der Waals surface area contributed by atoms with Crippen LogP contribution < -0.4 is 0 Å². The molecule has 2 heteroatoms. The van der Waals surface area contributed by atoms with Gasteiger partial charge in [0.25, 0.3) is 0 Å². The van der Waals surface area contributed by atoms with Crippen molar-refractivity contribution in [1.29, 1.82) is 0 Å². The standard InChI is InChI=1S/C16H26O2/c1-10(2)7-15(18-14(6)17)16-12(4)8-11(3)9-13(16)5/h8,12-13,15-16H,1,7,9H2,2-6H3. The zero-order valence-corrected chi connectivity index (χ0v) is 12.3. The summed E-state index contributed by atoms with van der Waals surface area (Å²) in [4.78, 5) is 11.3. The Morgan fingerprint density at radius 3 is 2.56 bits per heavy atom. The van der Waals surface area contributed by atoms with Gasteiger partial charge in [0.05, 0.1) is 0 Å². The first-order valence-corrected chi connectivity index (χ1v) is 6.80. The van der Waals surface area contributed by atoms with Gasteiger partial charge in [0.1, 0.15) is 6.10 Å². The molecule has 0 saturated carbocycles. The average molecular weight is 250 g/mol. The van der Waals surface area contributed by atoms with Crippen LogP contribution in [0.4, 0.5) is 0 Å².